The second-order valence-corrected chi connectivity index (χ2v) is 4.71. The molecule has 76 valence electrons. The molecule has 0 atom stereocenters. The molecule has 2 N–H and O–H groups in total. The molecular weight excluding hydrogens is 180 g/mol. The highest BCUT2D eigenvalue weighted by atomic mass is 16.2. The molecule has 2 rings (SSSR count). The monoisotopic (exact) mass is 194 g/mol. The lowest BCUT2D eigenvalue weighted by Gasteiger charge is -2.29. The van der Waals surface area contributed by atoms with E-state index in [9.17, 15) is 9.59 Å². The second kappa shape index (κ2) is 2.83. The average Bonchev–Trinajstić information content (AvgIpc) is 2.00. The summed E-state index contributed by atoms with van der Waals surface area (Å²) >= 11 is 0. The number of rotatable bonds is 0. The van der Waals surface area contributed by atoms with Crippen LogP contribution in [0.4, 0.5) is 0 Å². The number of hydrogen-bond acceptors (Lipinski definition) is 2. The van der Waals surface area contributed by atoms with Crippen molar-refractivity contribution in [1.82, 2.24) is 9.97 Å². The van der Waals surface area contributed by atoms with Gasteiger partial charge in [0.2, 0.25) is 0 Å². The molecule has 0 fully saturated rings. The van der Waals surface area contributed by atoms with E-state index in [1.807, 2.05) is 0 Å². The van der Waals surface area contributed by atoms with Gasteiger partial charge in [-0.25, -0.2) is 4.79 Å². The van der Waals surface area contributed by atoms with Gasteiger partial charge in [0.1, 0.15) is 0 Å². The molecule has 0 saturated heterocycles. The van der Waals surface area contributed by atoms with E-state index in [2.05, 4.69) is 23.8 Å². The van der Waals surface area contributed by atoms with Crippen LogP contribution in [-0.4, -0.2) is 9.97 Å². The van der Waals surface area contributed by atoms with E-state index >= 15 is 0 Å². The fraction of sp³-hybridized carbons (Fsp3) is 0.600. The number of nitrogens with one attached hydrogen (secondary N) is 2. The summed E-state index contributed by atoms with van der Waals surface area (Å²) in [5.74, 6) is 0. The fourth-order valence-electron chi connectivity index (χ4n) is 2.00. The van der Waals surface area contributed by atoms with E-state index in [1.165, 1.54) is 0 Å². The minimum atomic E-state index is -0.397. The summed E-state index contributed by atoms with van der Waals surface area (Å²) in [6.07, 6.45) is 2.53. The van der Waals surface area contributed by atoms with Crippen LogP contribution >= 0.6 is 0 Å². The quantitative estimate of drug-likeness (QED) is 0.634. The van der Waals surface area contributed by atoms with Gasteiger partial charge in [-0.05, 0) is 24.7 Å². The zero-order valence-electron chi connectivity index (χ0n) is 8.44. The number of fused-ring (bicyclic) bond motifs is 1. The molecule has 1 aliphatic carbocycles. The predicted octanol–water partition coefficient (Wildman–Crippen LogP) is 0.578. The Hall–Kier alpha value is -1.32. The zero-order chi connectivity index (χ0) is 10.3. The average molecular weight is 194 g/mol. The largest absolute Gasteiger partial charge is 0.325 e. The van der Waals surface area contributed by atoms with Gasteiger partial charge >= 0.3 is 5.69 Å². The topological polar surface area (TPSA) is 65.7 Å². The Kier molecular flexibility index (Phi) is 1.87. The van der Waals surface area contributed by atoms with E-state index < -0.39 is 5.69 Å². The lowest BCUT2D eigenvalue weighted by Crippen LogP contribution is -2.34. The highest BCUT2D eigenvalue weighted by Gasteiger charge is 2.27. The van der Waals surface area contributed by atoms with Crippen molar-refractivity contribution in [2.24, 2.45) is 5.41 Å². The van der Waals surface area contributed by atoms with Gasteiger partial charge < -0.3 is 4.98 Å². The highest BCUT2D eigenvalue weighted by Crippen LogP contribution is 2.31. The zero-order valence-corrected chi connectivity index (χ0v) is 8.44. The Bertz CT molecular complexity index is 468. The maximum Gasteiger partial charge on any atom is 0.325 e. The normalized spacial score (nSPS) is 19.0. The van der Waals surface area contributed by atoms with Gasteiger partial charge in [-0.15, -0.1) is 0 Å². The molecule has 0 radical (unpaired) electrons. The molecule has 1 aromatic rings. The summed E-state index contributed by atoms with van der Waals surface area (Å²) in [7, 11) is 0. The minimum Gasteiger partial charge on any atom is -0.311 e. The molecule has 4 nitrogen and oxygen atoms in total. The molecule has 0 amide bonds. The van der Waals surface area contributed by atoms with Crippen molar-refractivity contribution in [2.75, 3.05) is 0 Å². The van der Waals surface area contributed by atoms with Crippen molar-refractivity contribution >= 4 is 0 Å². The Morgan fingerprint density at radius 3 is 2.64 bits per heavy atom. The SMILES string of the molecule is CC1(C)CCc2c([nH]c(=O)[nH]c2=O)C1. The standard InChI is InChI=1S/C10H14N2O2/c1-10(2)4-3-6-7(5-10)11-9(14)12-8(6)13/h3-5H2,1-2H3,(H2,11,12,13,14). The summed E-state index contributed by atoms with van der Waals surface area (Å²) in [6, 6.07) is 0. The third kappa shape index (κ3) is 1.52. The summed E-state index contributed by atoms with van der Waals surface area (Å²) in [5.41, 5.74) is 1.13. The Labute approximate surface area is 81.4 Å². The van der Waals surface area contributed by atoms with Crippen molar-refractivity contribution in [3.63, 3.8) is 0 Å². The first-order valence-corrected chi connectivity index (χ1v) is 4.82. The van der Waals surface area contributed by atoms with Crippen molar-refractivity contribution in [2.45, 2.75) is 33.1 Å². The van der Waals surface area contributed by atoms with Gasteiger partial charge in [-0.2, -0.15) is 0 Å². The molecule has 1 aromatic heterocycles. The van der Waals surface area contributed by atoms with Crippen LogP contribution in [0.25, 0.3) is 0 Å². The van der Waals surface area contributed by atoms with E-state index in [4.69, 9.17) is 0 Å². The first-order valence-electron chi connectivity index (χ1n) is 4.82. The van der Waals surface area contributed by atoms with Crippen LogP contribution in [0.1, 0.15) is 31.5 Å². The van der Waals surface area contributed by atoms with E-state index in [1.54, 1.807) is 0 Å². The van der Waals surface area contributed by atoms with Crippen molar-refractivity contribution in [1.29, 1.82) is 0 Å². The van der Waals surface area contributed by atoms with Crippen LogP contribution in [0.3, 0.4) is 0 Å². The van der Waals surface area contributed by atoms with Crippen LogP contribution in [0, 0.1) is 5.41 Å². The van der Waals surface area contributed by atoms with Crippen molar-refractivity contribution in [3.05, 3.63) is 32.1 Å². The smallest absolute Gasteiger partial charge is 0.311 e. The lowest BCUT2D eigenvalue weighted by atomic mass is 9.77. The van der Waals surface area contributed by atoms with Gasteiger partial charge in [0.25, 0.3) is 5.56 Å². The number of H-pyrrole nitrogens is 2. The van der Waals surface area contributed by atoms with Crippen LogP contribution < -0.4 is 11.2 Å². The van der Waals surface area contributed by atoms with Gasteiger partial charge in [-0.3, -0.25) is 9.78 Å². The lowest BCUT2D eigenvalue weighted by molar-refractivity contribution is 0.308. The molecule has 0 aliphatic heterocycles. The molecule has 0 unspecified atom stereocenters. The third-order valence-corrected chi connectivity index (χ3v) is 2.84. The molecule has 14 heavy (non-hydrogen) atoms. The summed E-state index contributed by atoms with van der Waals surface area (Å²) in [6.45, 7) is 4.30. The third-order valence-electron chi connectivity index (χ3n) is 2.84. The van der Waals surface area contributed by atoms with Crippen molar-refractivity contribution < 1.29 is 0 Å². The fourth-order valence-corrected chi connectivity index (χ4v) is 2.00. The maximum absolute atomic E-state index is 11.4. The number of aromatic nitrogens is 2. The van der Waals surface area contributed by atoms with E-state index in [0.717, 1.165) is 30.5 Å². The highest BCUT2D eigenvalue weighted by molar-refractivity contribution is 5.21. The van der Waals surface area contributed by atoms with Crippen LogP contribution in [0.5, 0.6) is 0 Å². The maximum atomic E-state index is 11.4. The molecule has 1 heterocycles. The van der Waals surface area contributed by atoms with Crippen LogP contribution in [0.2, 0.25) is 0 Å². The Balaban J connectivity index is 2.58. The van der Waals surface area contributed by atoms with E-state index in [0.29, 0.717) is 0 Å². The molecular formula is C10H14N2O2. The Morgan fingerprint density at radius 1 is 1.21 bits per heavy atom. The molecule has 0 aromatic carbocycles. The van der Waals surface area contributed by atoms with Crippen LogP contribution in [-0.2, 0) is 12.8 Å². The number of hydrogen-bond donors (Lipinski definition) is 2. The van der Waals surface area contributed by atoms with Gasteiger partial charge in [0, 0.05) is 11.3 Å². The molecule has 0 saturated carbocycles. The van der Waals surface area contributed by atoms with Gasteiger partial charge in [-0.1, -0.05) is 13.8 Å². The Morgan fingerprint density at radius 2 is 1.93 bits per heavy atom. The summed E-state index contributed by atoms with van der Waals surface area (Å²) in [5, 5.41) is 0. The molecule has 0 spiro atoms. The second-order valence-electron chi connectivity index (χ2n) is 4.71. The molecule has 0 bridgehead atoms. The summed E-state index contributed by atoms with van der Waals surface area (Å²) in [4.78, 5) is 27.5. The van der Waals surface area contributed by atoms with Gasteiger partial charge in [0.05, 0.1) is 0 Å². The first-order chi connectivity index (χ1) is 6.48. The molecule has 1 aliphatic rings. The number of aromatic amines is 2. The predicted molar refractivity (Wildman–Crippen MR) is 53.5 cm³/mol. The van der Waals surface area contributed by atoms with Crippen molar-refractivity contribution in [3.8, 4) is 0 Å². The molecule has 4 heteroatoms. The minimum absolute atomic E-state index is 0.184. The summed E-state index contributed by atoms with van der Waals surface area (Å²) < 4.78 is 0. The van der Waals surface area contributed by atoms with Gasteiger partial charge in [0.15, 0.2) is 0 Å². The first kappa shape index (κ1) is 9.24. The van der Waals surface area contributed by atoms with E-state index in [-0.39, 0.29) is 11.0 Å². The van der Waals surface area contributed by atoms with Crippen LogP contribution in [0.15, 0.2) is 9.59 Å².